The van der Waals surface area contributed by atoms with Crippen molar-refractivity contribution in [1.29, 1.82) is 0 Å². The maximum atomic E-state index is 12.7. The number of anilines is 1. The average molecular weight is 479 g/mol. The van der Waals surface area contributed by atoms with Gasteiger partial charge in [0.25, 0.3) is 0 Å². The van der Waals surface area contributed by atoms with Gasteiger partial charge in [0.1, 0.15) is 5.25 Å². The molecule has 3 rings (SSSR count). The molecule has 2 amide bonds. The number of benzene rings is 2. The van der Waals surface area contributed by atoms with Gasteiger partial charge < -0.3 is 5.32 Å². The minimum atomic E-state index is -0.566. The zero-order valence-electron chi connectivity index (χ0n) is 14.8. The first kappa shape index (κ1) is 20.6. The van der Waals surface area contributed by atoms with Gasteiger partial charge in [0.2, 0.25) is 11.8 Å². The number of aliphatic imine (C=N–C) groups is 1. The van der Waals surface area contributed by atoms with Crippen molar-refractivity contribution < 1.29 is 9.59 Å². The molecule has 0 saturated carbocycles. The SMILES string of the molecule is C=CCN1C(=O)CC(C(=O)Nc2ccc(Br)cc2)SC1=Nc1ccc(Cl)cc1. The first-order chi connectivity index (χ1) is 13.5. The van der Waals surface area contributed by atoms with E-state index in [9.17, 15) is 9.59 Å². The van der Waals surface area contributed by atoms with E-state index < -0.39 is 5.25 Å². The van der Waals surface area contributed by atoms with Crippen LogP contribution in [0.5, 0.6) is 0 Å². The van der Waals surface area contributed by atoms with Crippen molar-refractivity contribution in [3.05, 3.63) is 70.7 Å². The van der Waals surface area contributed by atoms with Crippen molar-refractivity contribution in [1.82, 2.24) is 4.90 Å². The number of nitrogens with one attached hydrogen (secondary N) is 1. The lowest BCUT2D eigenvalue weighted by atomic mass is 10.2. The summed E-state index contributed by atoms with van der Waals surface area (Å²) in [5, 5.41) is 3.36. The Balaban J connectivity index is 1.81. The normalized spacial score (nSPS) is 18.2. The van der Waals surface area contributed by atoms with Gasteiger partial charge in [0.15, 0.2) is 5.17 Å². The smallest absolute Gasteiger partial charge is 0.238 e. The van der Waals surface area contributed by atoms with E-state index >= 15 is 0 Å². The van der Waals surface area contributed by atoms with Crippen molar-refractivity contribution >= 4 is 67.6 Å². The van der Waals surface area contributed by atoms with E-state index in [1.165, 1.54) is 16.7 Å². The summed E-state index contributed by atoms with van der Waals surface area (Å²) in [4.78, 5) is 31.4. The van der Waals surface area contributed by atoms with Gasteiger partial charge in [-0.1, -0.05) is 45.4 Å². The van der Waals surface area contributed by atoms with Gasteiger partial charge in [-0.2, -0.15) is 0 Å². The van der Waals surface area contributed by atoms with Gasteiger partial charge in [-0.05, 0) is 48.5 Å². The summed E-state index contributed by atoms with van der Waals surface area (Å²) < 4.78 is 0.921. The molecular formula is C20H17BrClN3O2S. The largest absolute Gasteiger partial charge is 0.325 e. The Kier molecular flexibility index (Phi) is 6.93. The summed E-state index contributed by atoms with van der Waals surface area (Å²) in [5.74, 6) is -0.398. The summed E-state index contributed by atoms with van der Waals surface area (Å²) >= 11 is 10.5. The number of hydrogen-bond donors (Lipinski definition) is 1. The van der Waals surface area contributed by atoms with Crippen molar-refractivity contribution in [3.63, 3.8) is 0 Å². The van der Waals surface area contributed by atoms with Gasteiger partial charge in [0, 0.05) is 28.1 Å². The van der Waals surface area contributed by atoms with Crippen molar-refractivity contribution in [2.24, 2.45) is 4.99 Å². The van der Waals surface area contributed by atoms with Crippen molar-refractivity contribution in [2.45, 2.75) is 11.7 Å². The van der Waals surface area contributed by atoms with Crippen LogP contribution in [0.3, 0.4) is 0 Å². The number of hydrogen-bond acceptors (Lipinski definition) is 4. The molecule has 1 fully saturated rings. The Labute approximate surface area is 181 Å². The highest BCUT2D eigenvalue weighted by Gasteiger charge is 2.35. The molecule has 8 heteroatoms. The number of rotatable bonds is 5. The minimum Gasteiger partial charge on any atom is -0.325 e. The molecule has 28 heavy (non-hydrogen) atoms. The van der Waals surface area contributed by atoms with Gasteiger partial charge in [-0.15, -0.1) is 6.58 Å². The molecule has 0 spiro atoms. The third-order valence-electron chi connectivity index (χ3n) is 3.91. The topological polar surface area (TPSA) is 61.8 Å². The number of halogens is 2. The third-order valence-corrected chi connectivity index (χ3v) is 5.88. The molecule has 1 aliphatic rings. The van der Waals surface area contributed by atoms with Gasteiger partial charge in [-0.3, -0.25) is 14.5 Å². The van der Waals surface area contributed by atoms with Crippen LogP contribution in [0.2, 0.25) is 5.02 Å². The fourth-order valence-electron chi connectivity index (χ4n) is 2.53. The van der Waals surface area contributed by atoms with Gasteiger partial charge in [0.05, 0.1) is 5.69 Å². The van der Waals surface area contributed by atoms with E-state index in [0.29, 0.717) is 28.1 Å². The quantitative estimate of drug-likeness (QED) is 0.597. The Morgan fingerprint density at radius 2 is 1.96 bits per heavy atom. The summed E-state index contributed by atoms with van der Waals surface area (Å²) in [7, 11) is 0. The van der Waals surface area contributed by atoms with E-state index in [4.69, 9.17) is 11.6 Å². The molecule has 0 aliphatic carbocycles. The van der Waals surface area contributed by atoms with Crippen LogP contribution in [0, 0.1) is 0 Å². The van der Waals surface area contributed by atoms with E-state index in [1.54, 1.807) is 42.5 Å². The predicted octanol–water partition coefficient (Wildman–Crippen LogP) is 5.25. The molecule has 2 aromatic rings. The van der Waals surface area contributed by atoms with E-state index in [1.807, 2.05) is 12.1 Å². The standard InChI is InChI=1S/C20H17BrClN3O2S/c1-2-11-25-18(26)12-17(19(27)23-15-7-3-13(21)4-8-15)28-20(25)24-16-9-5-14(22)6-10-16/h2-10,17H,1,11-12H2,(H,23,27). The van der Waals surface area contributed by atoms with Gasteiger partial charge in [-0.25, -0.2) is 4.99 Å². The minimum absolute atomic E-state index is 0.0977. The van der Waals surface area contributed by atoms with Crippen LogP contribution in [-0.2, 0) is 9.59 Å². The van der Waals surface area contributed by atoms with E-state index in [-0.39, 0.29) is 18.2 Å². The van der Waals surface area contributed by atoms with Crippen molar-refractivity contribution in [2.75, 3.05) is 11.9 Å². The highest BCUT2D eigenvalue weighted by atomic mass is 79.9. The lowest BCUT2D eigenvalue weighted by molar-refractivity contribution is -0.129. The average Bonchev–Trinajstić information content (AvgIpc) is 2.68. The van der Waals surface area contributed by atoms with Crippen LogP contribution in [-0.4, -0.2) is 33.7 Å². The molecule has 1 unspecified atom stereocenters. The number of thioether (sulfide) groups is 1. The summed E-state index contributed by atoms with van der Waals surface area (Å²) in [6.45, 7) is 4.03. The molecule has 1 N–H and O–H groups in total. The molecule has 0 bridgehead atoms. The molecule has 1 heterocycles. The van der Waals surface area contributed by atoms with E-state index in [2.05, 4.69) is 32.8 Å². The Morgan fingerprint density at radius 1 is 1.29 bits per heavy atom. The van der Waals surface area contributed by atoms with Crippen LogP contribution >= 0.6 is 39.3 Å². The fraction of sp³-hybridized carbons (Fsp3) is 0.150. The zero-order chi connectivity index (χ0) is 20.1. The van der Waals surface area contributed by atoms with Crippen LogP contribution in [0.25, 0.3) is 0 Å². The van der Waals surface area contributed by atoms with E-state index in [0.717, 1.165) is 4.47 Å². The molecule has 1 atom stereocenters. The molecule has 5 nitrogen and oxygen atoms in total. The lowest BCUT2D eigenvalue weighted by Crippen LogP contribution is -2.45. The third kappa shape index (κ3) is 5.25. The second-order valence-corrected chi connectivity index (χ2v) is 8.49. The maximum Gasteiger partial charge on any atom is 0.238 e. The van der Waals surface area contributed by atoms with Crippen LogP contribution in [0.4, 0.5) is 11.4 Å². The molecular weight excluding hydrogens is 462 g/mol. The Hall–Kier alpha value is -2.09. The van der Waals surface area contributed by atoms with Crippen LogP contribution < -0.4 is 5.32 Å². The molecule has 1 aliphatic heterocycles. The molecule has 144 valence electrons. The first-order valence-electron chi connectivity index (χ1n) is 8.45. The fourth-order valence-corrected chi connectivity index (χ4v) is 4.03. The molecule has 1 saturated heterocycles. The second kappa shape index (κ2) is 9.41. The lowest BCUT2D eigenvalue weighted by Gasteiger charge is -2.31. The maximum absolute atomic E-state index is 12.7. The molecule has 0 radical (unpaired) electrons. The summed E-state index contributed by atoms with van der Waals surface area (Å²) in [5.41, 5.74) is 1.33. The number of carbonyl (C=O) groups is 2. The Bertz CT molecular complexity index is 916. The number of amides is 2. The second-order valence-electron chi connectivity index (χ2n) is 5.97. The van der Waals surface area contributed by atoms with Crippen LogP contribution in [0.1, 0.15) is 6.42 Å². The molecule has 0 aromatic heterocycles. The van der Waals surface area contributed by atoms with Gasteiger partial charge >= 0.3 is 0 Å². The Morgan fingerprint density at radius 3 is 2.61 bits per heavy atom. The number of carbonyl (C=O) groups excluding carboxylic acids is 2. The number of nitrogens with zero attached hydrogens (tertiary/aromatic N) is 2. The van der Waals surface area contributed by atoms with Crippen molar-refractivity contribution in [3.8, 4) is 0 Å². The molecule has 2 aromatic carbocycles. The highest BCUT2D eigenvalue weighted by Crippen LogP contribution is 2.30. The summed E-state index contributed by atoms with van der Waals surface area (Å²) in [6, 6.07) is 14.3. The zero-order valence-corrected chi connectivity index (χ0v) is 17.9. The summed E-state index contributed by atoms with van der Waals surface area (Å²) in [6.07, 6.45) is 1.73. The first-order valence-corrected chi connectivity index (χ1v) is 10.5. The van der Waals surface area contributed by atoms with Crippen LogP contribution in [0.15, 0.2) is 70.7 Å². The number of amidine groups is 1. The predicted molar refractivity (Wildman–Crippen MR) is 119 cm³/mol. The highest BCUT2D eigenvalue weighted by molar-refractivity contribution is 9.10. The monoisotopic (exact) mass is 477 g/mol.